The van der Waals surface area contributed by atoms with Crippen LogP contribution in [0.25, 0.3) is 0 Å². The standard InChI is InChI=1S/C32H39N3O4S/c1-4-27-15-8-11-20-30(27)35(40(38,39)29-18-6-5-7-19-29)23-31(36)34(22-26-14-12-13-24(2)21-26)25(3)32(37)33-28-16-9-10-17-28/h5-8,11-15,18-21,25,28H,4,9-10,16-17,22-23H2,1-3H3,(H,33,37)/t25-/m0/s1. The first-order valence-electron chi connectivity index (χ1n) is 14.0. The Morgan fingerprint density at radius 1 is 0.950 bits per heavy atom. The molecule has 4 rings (SSSR count). The second-order valence-electron chi connectivity index (χ2n) is 10.5. The van der Waals surface area contributed by atoms with E-state index in [-0.39, 0.29) is 23.4 Å². The van der Waals surface area contributed by atoms with Gasteiger partial charge in [-0.25, -0.2) is 8.42 Å². The molecule has 3 aromatic rings. The van der Waals surface area contributed by atoms with Crippen LogP contribution in [0.5, 0.6) is 0 Å². The third-order valence-electron chi connectivity index (χ3n) is 7.56. The number of para-hydroxylation sites is 1. The normalized spacial score (nSPS) is 14.5. The lowest BCUT2D eigenvalue weighted by molar-refractivity contribution is -0.139. The molecule has 1 atom stereocenters. The van der Waals surface area contributed by atoms with Gasteiger partial charge in [0.1, 0.15) is 12.6 Å². The van der Waals surface area contributed by atoms with Gasteiger partial charge in [-0.15, -0.1) is 0 Å². The number of anilines is 1. The molecule has 1 N–H and O–H groups in total. The number of benzene rings is 3. The topological polar surface area (TPSA) is 86.8 Å². The van der Waals surface area contributed by atoms with E-state index < -0.39 is 28.5 Å². The molecule has 2 amide bonds. The summed E-state index contributed by atoms with van der Waals surface area (Å²) in [5, 5.41) is 3.11. The molecule has 0 radical (unpaired) electrons. The summed E-state index contributed by atoms with van der Waals surface area (Å²) in [7, 11) is -4.07. The maximum Gasteiger partial charge on any atom is 0.264 e. The van der Waals surface area contributed by atoms with Crippen molar-refractivity contribution >= 4 is 27.5 Å². The van der Waals surface area contributed by atoms with Gasteiger partial charge in [-0.1, -0.05) is 86.0 Å². The highest BCUT2D eigenvalue weighted by atomic mass is 32.2. The Balaban J connectivity index is 1.70. The van der Waals surface area contributed by atoms with Crippen LogP contribution >= 0.6 is 0 Å². The Hall–Kier alpha value is -3.65. The zero-order valence-electron chi connectivity index (χ0n) is 23.5. The summed E-state index contributed by atoms with van der Waals surface area (Å²) in [5.41, 5.74) is 3.19. The maximum atomic E-state index is 14.1. The molecule has 0 saturated heterocycles. The Kier molecular flexibility index (Phi) is 9.63. The zero-order valence-corrected chi connectivity index (χ0v) is 24.4. The summed E-state index contributed by atoms with van der Waals surface area (Å²) in [6.07, 6.45) is 4.61. The van der Waals surface area contributed by atoms with E-state index in [9.17, 15) is 18.0 Å². The largest absolute Gasteiger partial charge is 0.352 e. The van der Waals surface area contributed by atoms with E-state index >= 15 is 0 Å². The Bertz CT molecular complexity index is 1420. The number of rotatable bonds is 11. The molecule has 1 fully saturated rings. The van der Waals surface area contributed by atoms with Crippen LogP contribution in [0, 0.1) is 6.92 Å². The molecule has 7 nitrogen and oxygen atoms in total. The molecule has 0 aliphatic heterocycles. The van der Waals surface area contributed by atoms with Crippen molar-refractivity contribution in [1.82, 2.24) is 10.2 Å². The molecule has 1 aliphatic rings. The van der Waals surface area contributed by atoms with E-state index in [1.807, 2.05) is 50.2 Å². The van der Waals surface area contributed by atoms with Crippen molar-refractivity contribution in [2.75, 3.05) is 10.8 Å². The number of carbonyl (C=O) groups excluding carboxylic acids is 2. The Labute approximate surface area is 238 Å². The minimum atomic E-state index is -4.07. The first-order valence-corrected chi connectivity index (χ1v) is 15.5. The molecule has 3 aromatic carbocycles. The van der Waals surface area contributed by atoms with Crippen LogP contribution in [0.3, 0.4) is 0 Å². The summed E-state index contributed by atoms with van der Waals surface area (Å²) in [6.45, 7) is 5.40. The molecule has 0 aromatic heterocycles. The minimum absolute atomic E-state index is 0.103. The summed E-state index contributed by atoms with van der Waals surface area (Å²) in [4.78, 5) is 29.1. The number of hydrogen-bond donors (Lipinski definition) is 1. The molecule has 8 heteroatoms. The smallest absolute Gasteiger partial charge is 0.264 e. The van der Waals surface area contributed by atoms with E-state index in [2.05, 4.69) is 5.32 Å². The van der Waals surface area contributed by atoms with Crippen LogP contribution in [0.4, 0.5) is 5.69 Å². The molecule has 212 valence electrons. The SMILES string of the molecule is CCc1ccccc1N(CC(=O)N(Cc1cccc(C)c1)[C@@H](C)C(=O)NC1CCCC1)S(=O)(=O)c1ccccc1. The van der Waals surface area contributed by atoms with Crippen molar-refractivity contribution in [1.29, 1.82) is 0 Å². The number of carbonyl (C=O) groups is 2. The molecule has 0 heterocycles. The van der Waals surface area contributed by atoms with E-state index in [0.29, 0.717) is 12.1 Å². The lowest BCUT2D eigenvalue weighted by atomic mass is 10.1. The van der Waals surface area contributed by atoms with Crippen molar-refractivity contribution in [3.05, 3.63) is 95.6 Å². The summed E-state index contributed by atoms with van der Waals surface area (Å²) >= 11 is 0. The van der Waals surface area contributed by atoms with Gasteiger partial charge in [0, 0.05) is 12.6 Å². The molecule has 1 saturated carbocycles. The highest BCUT2D eigenvalue weighted by Gasteiger charge is 2.34. The van der Waals surface area contributed by atoms with Crippen LogP contribution < -0.4 is 9.62 Å². The van der Waals surface area contributed by atoms with E-state index in [0.717, 1.165) is 42.4 Å². The Morgan fingerprint density at radius 2 is 1.62 bits per heavy atom. The van der Waals surface area contributed by atoms with Crippen LogP contribution in [-0.2, 0) is 32.6 Å². The van der Waals surface area contributed by atoms with Crippen molar-refractivity contribution in [3.8, 4) is 0 Å². The molecule has 1 aliphatic carbocycles. The van der Waals surface area contributed by atoms with Gasteiger partial charge in [-0.3, -0.25) is 13.9 Å². The quantitative estimate of drug-likeness (QED) is 0.347. The van der Waals surface area contributed by atoms with Gasteiger partial charge in [0.15, 0.2) is 0 Å². The van der Waals surface area contributed by atoms with Gasteiger partial charge in [0.05, 0.1) is 10.6 Å². The van der Waals surface area contributed by atoms with Crippen LogP contribution in [-0.4, -0.2) is 43.8 Å². The van der Waals surface area contributed by atoms with Crippen molar-refractivity contribution in [3.63, 3.8) is 0 Å². The number of hydrogen-bond acceptors (Lipinski definition) is 4. The second kappa shape index (κ2) is 13.1. The van der Waals surface area contributed by atoms with E-state index in [4.69, 9.17) is 0 Å². The minimum Gasteiger partial charge on any atom is -0.352 e. The fourth-order valence-electron chi connectivity index (χ4n) is 5.27. The average Bonchev–Trinajstić information content (AvgIpc) is 3.47. The predicted molar refractivity (Wildman–Crippen MR) is 158 cm³/mol. The molecule has 0 spiro atoms. The maximum absolute atomic E-state index is 14.1. The van der Waals surface area contributed by atoms with Crippen molar-refractivity contribution in [2.45, 2.75) is 76.4 Å². The van der Waals surface area contributed by atoms with E-state index in [1.165, 1.54) is 21.3 Å². The molecule has 40 heavy (non-hydrogen) atoms. The van der Waals surface area contributed by atoms with Gasteiger partial charge in [-0.2, -0.15) is 0 Å². The van der Waals surface area contributed by atoms with Crippen LogP contribution in [0.1, 0.15) is 56.2 Å². The van der Waals surface area contributed by atoms with Crippen molar-refractivity contribution in [2.24, 2.45) is 0 Å². The first-order chi connectivity index (χ1) is 19.2. The average molecular weight is 562 g/mol. The third-order valence-corrected chi connectivity index (χ3v) is 9.33. The number of nitrogens with one attached hydrogen (secondary N) is 1. The summed E-state index contributed by atoms with van der Waals surface area (Å²) < 4.78 is 29.1. The fraction of sp³-hybridized carbons (Fsp3) is 0.375. The molecular formula is C32H39N3O4S. The van der Waals surface area contributed by atoms with Gasteiger partial charge in [0.25, 0.3) is 10.0 Å². The summed E-state index contributed by atoms with van der Waals surface area (Å²) in [6, 6.07) is 22.5. The lowest BCUT2D eigenvalue weighted by Crippen LogP contribution is -2.52. The third kappa shape index (κ3) is 6.91. The fourth-order valence-corrected chi connectivity index (χ4v) is 6.74. The second-order valence-corrected chi connectivity index (χ2v) is 12.3. The zero-order chi connectivity index (χ0) is 28.7. The number of aryl methyl sites for hydroxylation is 2. The number of nitrogens with zero attached hydrogens (tertiary/aromatic N) is 2. The van der Waals surface area contributed by atoms with E-state index in [1.54, 1.807) is 37.3 Å². The number of sulfonamides is 1. The van der Waals surface area contributed by atoms with Gasteiger partial charge in [0.2, 0.25) is 11.8 Å². The predicted octanol–water partition coefficient (Wildman–Crippen LogP) is 5.23. The highest BCUT2D eigenvalue weighted by molar-refractivity contribution is 7.92. The Morgan fingerprint density at radius 3 is 2.30 bits per heavy atom. The van der Waals surface area contributed by atoms with Gasteiger partial charge >= 0.3 is 0 Å². The molecule has 0 bridgehead atoms. The van der Waals surface area contributed by atoms with Crippen molar-refractivity contribution < 1.29 is 18.0 Å². The monoisotopic (exact) mass is 561 g/mol. The lowest BCUT2D eigenvalue weighted by Gasteiger charge is -2.33. The first kappa shape index (κ1) is 29.3. The highest BCUT2D eigenvalue weighted by Crippen LogP contribution is 2.28. The van der Waals surface area contributed by atoms with Gasteiger partial charge < -0.3 is 10.2 Å². The molecule has 0 unspecified atom stereocenters. The molecular weight excluding hydrogens is 522 g/mol. The summed E-state index contributed by atoms with van der Waals surface area (Å²) in [5.74, 6) is -0.666. The number of amides is 2. The van der Waals surface area contributed by atoms with Gasteiger partial charge in [-0.05, 0) is 62.4 Å². The van der Waals surface area contributed by atoms with Crippen LogP contribution in [0.2, 0.25) is 0 Å². The van der Waals surface area contributed by atoms with Crippen LogP contribution in [0.15, 0.2) is 83.8 Å².